The van der Waals surface area contributed by atoms with Gasteiger partial charge in [0.05, 0.1) is 11.2 Å². The van der Waals surface area contributed by atoms with Gasteiger partial charge in [0.1, 0.15) is 6.04 Å². The molecule has 1 unspecified atom stereocenters. The number of hydrogen-bond acceptors (Lipinski definition) is 6. The number of nitrogens with one attached hydrogen (secondary N) is 1. The molecule has 2 aliphatic rings. The van der Waals surface area contributed by atoms with E-state index < -0.39 is 16.1 Å². The molecule has 2 aromatic rings. The summed E-state index contributed by atoms with van der Waals surface area (Å²) in [4.78, 5) is 29.7. The van der Waals surface area contributed by atoms with Gasteiger partial charge in [0.2, 0.25) is 15.9 Å². The molecule has 0 spiro atoms. The normalized spacial score (nSPS) is 20.5. The number of anilines is 1. The number of amides is 2. The van der Waals surface area contributed by atoms with E-state index in [1.54, 1.807) is 29.2 Å². The number of sulfonamides is 1. The summed E-state index contributed by atoms with van der Waals surface area (Å²) in [7, 11) is -3.57. The Kier molecular flexibility index (Phi) is 7.16. The van der Waals surface area contributed by atoms with Crippen LogP contribution in [0.4, 0.5) is 5.69 Å². The molecule has 178 valence electrons. The molecule has 0 radical (unpaired) electrons. The summed E-state index contributed by atoms with van der Waals surface area (Å²) < 4.78 is 32.6. The predicted octanol–water partition coefficient (Wildman–Crippen LogP) is 2.24. The van der Waals surface area contributed by atoms with Gasteiger partial charge in [-0.2, -0.15) is 4.31 Å². The predicted molar refractivity (Wildman–Crippen MR) is 123 cm³/mol. The fourth-order valence-electron chi connectivity index (χ4n) is 4.36. The molecule has 2 amide bonds. The molecule has 0 bridgehead atoms. The number of carbonyl (C=O) groups excluding carboxylic acids is 2. The van der Waals surface area contributed by atoms with Gasteiger partial charge in [-0.05, 0) is 62.2 Å². The van der Waals surface area contributed by atoms with Crippen molar-refractivity contribution in [3.63, 3.8) is 0 Å². The molecule has 1 aromatic heterocycles. The highest BCUT2D eigenvalue weighted by Gasteiger charge is 2.34. The van der Waals surface area contributed by atoms with Crippen molar-refractivity contribution in [2.45, 2.75) is 37.1 Å². The lowest BCUT2D eigenvalue weighted by Gasteiger charge is -2.34. The van der Waals surface area contributed by atoms with Crippen LogP contribution in [0.3, 0.4) is 0 Å². The Hall–Kier alpha value is -2.69. The Morgan fingerprint density at radius 2 is 1.76 bits per heavy atom. The second-order valence-electron chi connectivity index (χ2n) is 8.34. The lowest BCUT2D eigenvalue weighted by atomic mass is 10.0. The smallest absolute Gasteiger partial charge is 0.290 e. The van der Waals surface area contributed by atoms with Crippen molar-refractivity contribution in [3.8, 4) is 0 Å². The van der Waals surface area contributed by atoms with Gasteiger partial charge in [-0.15, -0.1) is 0 Å². The fourth-order valence-corrected chi connectivity index (χ4v) is 5.78. The van der Waals surface area contributed by atoms with E-state index in [1.807, 2.05) is 0 Å². The average Bonchev–Trinajstić information content (AvgIpc) is 3.39. The maximum atomic E-state index is 13.0. The molecule has 1 aromatic carbocycles. The molecule has 9 nitrogen and oxygen atoms in total. The maximum absolute atomic E-state index is 13.0. The first-order chi connectivity index (χ1) is 15.9. The zero-order valence-electron chi connectivity index (χ0n) is 18.8. The molecule has 2 fully saturated rings. The van der Waals surface area contributed by atoms with Gasteiger partial charge < -0.3 is 19.5 Å². The van der Waals surface area contributed by atoms with Crippen molar-refractivity contribution >= 4 is 27.5 Å². The number of likely N-dealkylation sites (N-methyl/N-ethyl adjacent to an activating group) is 1. The molecule has 10 heteroatoms. The minimum absolute atomic E-state index is 0.206. The maximum Gasteiger partial charge on any atom is 0.290 e. The second kappa shape index (κ2) is 10.1. The number of hydrogen-bond donors (Lipinski definition) is 1. The molecular formula is C23H30N4O5S. The number of piperazine rings is 1. The van der Waals surface area contributed by atoms with E-state index in [1.165, 1.54) is 22.7 Å². The molecular weight excluding hydrogens is 444 g/mol. The van der Waals surface area contributed by atoms with E-state index in [2.05, 4.69) is 17.1 Å². The highest BCUT2D eigenvalue weighted by molar-refractivity contribution is 7.89. The number of benzene rings is 1. The standard InChI is InChI=1S/C23H30N4O5S/c1-2-25-13-15-26(16-14-25)33(30,31)19-10-8-18(9-11-19)24-22(28)20-6-3-4-12-27(20)23(29)21-7-5-17-32-21/h5,7-11,17,20H,2-4,6,12-16H2,1H3,(H,24,28). The van der Waals surface area contributed by atoms with Crippen molar-refractivity contribution in [2.24, 2.45) is 0 Å². The zero-order chi connectivity index (χ0) is 23.4. The summed E-state index contributed by atoms with van der Waals surface area (Å²) in [6, 6.07) is 8.85. The molecule has 0 saturated carbocycles. The third-order valence-corrected chi connectivity index (χ3v) is 8.25. The Bertz CT molecular complexity index is 1060. The number of rotatable bonds is 6. The van der Waals surface area contributed by atoms with Crippen LogP contribution in [0.2, 0.25) is 0 Å². The Morgan fingerprint density at radius 3 is 2.39 bits per heavy atom. The number of piperidine rings is 1. The van der Waals surface area contributed by atoms with E-state index in [0.29, 0.717) is 31.7 Å². The van der Waals surface area contributed by atoms with Crippen molar-refractivity contribution in [1.82, 2.24) is 14.1 Å². The highest BCUT2D eigenvalue weighted by Crippen LogP contribution is 2.23. The van der Waals surface area contributed by atoms with Crippen LogP contribution in [0, 0.1) is 0 Å². The van der Waals surface area contributed by atoms with Gasteiger partial charge in [-0.25, -0.2) is 8.42 Å². The van der Waals surface area contributed by atoms with Crippen molar-refractivity contribution < 1.29 is 22.4 Å². The van der Waals surface area contributed by atoms with Gasteiger partial charge in [0.15, 0.2) is 5.76 Å². The molecule has 33 heavy (non-hydrogen) atoms. The van der Waals surface area contributed by atoms with Gasteiger partial charge in [-0.3, -0.25) is 9.59 Å². The van der Waals surface area contributed by atoms with Crippen LogP contribution in [-0.4, -0.2) is 79.6 Å². The summed E-state index contributed by atoms with van der Waals surface area (Å²) in [6.45, 7) is 5.84. The number of furan rings is 1. The Labute approximate surface area is 194 Å². The highest BCUT2D eigenvalue weighted by atomic mass is 32.2. The van der Waals surface area contributed by atoms with Crippen molar-refractivity contribution in [1.29, 1.82) is 0 Å². The lowest BCUT2D eigenvalue weighted by molar-refractivity contribution is -0.121. The van der Waals surface area contributed by atoms with Crippen LogP contribution in [0.25, 0.3) is 0 Å². The molecule has 1 N–H and O–H groups in total. The summed E-state index contributed by atoms with van der Waals surface area (Å²) in [6.07, 6.45) is 3.68. The monoisotopic (exact) mass is 474 g/mol. The second-order valence-corrected chi connectivity index (χ2v) is 10.3. The van der Waals surface area contributed by atoms with Gasteiger partial charge in [-0.1, -0.05) is 6.92 Å². The molecule has 1 atom stereocenters. The molecule has 2 aliphatic heterocycles. The lowest BCUT2D eigenvalue weighted by Crippen LogP contribution is -2.50. The summed E-state index contributed by atoms with van der Waals surface area (Å²) in [5.74, 6) is -0.380. The Morgan fingerprint density at radius 1 is 1.03 bits per heavy atom. The third-order valence-electron chi connectivity index (χ3n) is 6.34. The van der Waals surface area contributed by atoms with E-state index in [9.17, 15) is 18.0 Å². The van der Waals surface area contributed by atoms with Crippen LogP contribution < -0.4 is 5.32 Å². The van der Waals surface area contributed by atoms with Gasteiger partial charge in [0.25, 0.3) is 5.91 Å². The zero-order valence-corrected chi connectivity index (χ0v) is 19.6. The number of carbonyl (C=O) groups is 2. The summed E-state index contributed by atoms with van der Waals surface area (Å²) in [5.41, 5.74) is 0.491. The van der Waals surface area contributed by atoms with E-state index >= 15 is 0 Å². The van der Waals surface area contributed by atoms with Gasteiger partial charge in [0, 0.05) is 38.4 Å². The first-order valence-electron chi connectivity index (χ1n) is 11.4. The van der Waals surface area contributed by atoms with Crippen LogP contribution >= 0.6 is 0 Å². The van der Waals surface area contributed by atoms with E-state index in [-0.39, 0.29) is 22.5 Å². The van der Waals surface area contributed by atoms with Gasteiger partial charge >= 0.3 is 0 Å². The largest absolute Gasteiger partial charge is 0.459 e. The van der Waals surface area contributed by atoms with Crippen LogP contribution in [0.15, 0.2) is 52.0 Å². The first kappa shape index (κ1) is 23.5. The van der Waals surface area contributed by atoms with E-state index in [4.69, 9.17) is 4.42 Å². The molecule has 0 aliphatic carbocycles. The van der Waals surface area contributed by atoms with Crippen LogP contribution in [0.1, 0.15) is 36.7 Å². The average molecular weight is 475 g/mol. The SMILES string of the molecule is CCN1CCN(S(=O)(=O)c2ccc(NC(=O)C3CCCCN3C(=O)c3ccco3)cc2)CC1. The quantitative estimate of drug-likeness (QED) is 0.689. The fraction of sp³-hybridized carbons (Fsp3) is 0.478. The van der Waals surface area contributed by atoms with Crippen molar-refractivity contribution in [3.05, 3.63) is 48.4 Å². The first-order valence-corrected chi connectivity index (χ1v) is 12.8. The Balaban J connectivity index is 1.42. The number of likely N-dealkylation sites (tertiary alicyclic amines) is 1. The topological polar surface area (TPSA) is 103 Å². The van der Waals surface area contributed by atoms with Crippen LogP contribution in [0.5, 0.6) is 0 Å². The van der Waals surface area contributed by atoms with Crippen LogP contribution in [-0.2, 0) is 14.8 Å². The molecule has 4 rings (SSSR count). The summed E-state index contributed by atoms with van der Waals surface area (Å²) >= 11 is 0. The minimum Gasteiger partial charge on any atom is -0.459 e. The molecule has 3 heterocycles. The number of nitrogens with zero attached hydrogens (tertiary/aromatic N) is 3. The van der Waals surface area contributed by atoms with Crippen molar-refractivity contribution in [2.75, 3.05) is 44.6 Å². The minimum atomic E-state index is -3.57. The summed E-state index contributed by atoms with van der Waals surface area (Å²) in [5, 5.41) is 2.83. The molecule has 2 saturated heterocycles. The third kappa shape index (κ3) is 5.13. The van der Waals surface area contributed by atoms with E-state index in [0.717, 1.165) is 32.5 Å².